The molecule has 3 aromatic rings. The molecule has 3 aromatic carbocycles. The van der Waals surface area contributed by atoms with E-state index >= 15 is 0 Å². The van der Waals surface area contributed by atoms with Crippen LogP contribution in [-0.4, -0.2) is 17.4 Å². The summed E-state index contributed by atoms with van der Waals surface area (Å²) in [5.74, 6) is 0.165. The van der Waals surface area contributed by atoms with Gasteiger partial charge in [-0.1, -0.05) is 66.7 Å². The molecule has 0 bridgehead atoms. The molecular formula is C28H30N2O2. The van der Waals surface area contributed by atoms with Crippen molar-refractivity contribution in [2.75, 3.05) is 0 Å². The topological polar surface area (TPSA) is 58.2 Å². The number of carbonyl (C=O) groups excluding carboxylic acids is 2. The van der Waals surface area contributed by atoms with Gasteiger partial charge in [-0.05, 0) is 66.0 Å². The molecule has 1 saturated heterocycles. The zero-order valence-electron chi connectivity index (χ0n) is 18.4. The van der Waals surface area contributed by atoms with Crippen LogP contribution in [-0.2, 0) is 22.4 Å². The van der Waals surface area contributed by atoms with Gasteiger partial charge in [0.1, 0.15) is 0 Å². The Morgan fingerprint density at radius 3 is 2.66 bits per heavy atom. The Morgan fingerprint density at radius 1 is 1.00 bits per heavy atom. The fraction of sp³-hybridized carbons (Fsp3) is 0.357. The fourth-order valence-electron chi connectivity index (χ4n) is 5.44. The number of carbonyl (C=O) groups is 2. The van der Waals surface area contributed by atoms with E-state index in [9.17, 15) is 9.59 Å². The molecule has 1 fully saturated rings. The monoisotopic (exact) mass is 426 g/mol. The van der Waals surface area contributed by atoms with Gasteiger partial charge in [-0.25, -0.2) is 0 Å². The molecule has 1 aliphatic heterocycles. The standard InChI is InChI=1S/C28H30N2O2/c31-26(29-25-11-5-9-22-7-3-4-10-24(22)25)14-16-28(17-15-27(32)30-28)19-20-12-13-21-6-1-2-8-23(21)18-20/h1-4,6-8,10,12-13,18,25H,5,9,11,14-17,19H2,(H,29,31)(H,30,32)/t25-,28-/m0/s1. The Hall–Kier alpha value is -3.14. The lowest BCUT2D eigenvalue weighted by atomic mass is 9.84. The Bertz CT molecular complexity index is 1150. The van der Waals surface area contributed by atoms with Crippen molar-refractivity contribution < 1.29 is 9.59 Å². The van der Waals surface area contributed by atoms with Gasteiger partial charge >= 0.3 is 0 Å². The molecule has 1 aliphatic carbocycles. The Kier molecular flexibility index (Phi) is 5.69. The zero-order chi connectivity index (χ0) is 22.0. The highest BCUT2D eigenvalue weighted by Gasteiger charge is 2.38. The summed E-state index contributed by atoms with van der Waals surface area (Å²) in [6.07, 6.45) is 6.32. The number of hydrogen-bond donors (Lipinski definition) is 2. The third kappa shape index (κ3) is 4.40. The van der Waals surface area contributed by atoms with E-state index in [1.807, 2.05) is 12.1 Å². The maximum Gasteiger partial charge on any atom is 0.220 e. The molecule has 1 heterocycles. The molecule has 2 atom stereocenters. The highest BCUT2D eigenvalue weighted by molar-refractivity contribution is 5.83. The average molecular weight is 427 g/mol. The van der Waals surface area contributed by atoms with Crippen LogP contribution >= 0.6 is 0 Å². The van der Waals surface area contributed by atoms with E-state index in [1.165, 1.54) is 27.5 Å². The lowest BCUT2D eigenvalue weighted by Crippen LogP contribution is -2.44. The molecule has 164 valence electrons. The second-order valence-electron chi connectivity index (χ2n) is 9.40. The molecule has 0 saturated carbocycles. The van der Waals surface area contributed by atoms with Crippen LogP contribution in [0.3, 0.4) is 0 Å². The van der Waals surface area contributed by atoms with Crippen molar-refractivity contribution in [3.05, 3.63) is 83.4 Å². The summed E-state index contributed by atoms with van der Waals surface area (Å²) in [5.41, 5.74) is 3.46. The lowest BCUT2D eigenvalue weighted by Gasteiger charge is -2.30. The van der Waals surface area contributed by atoms with Crippen molar-refractivity contribution in [1.82, 2.24) is 10.6 Å². The highest BCUT2D eigenvalue weighted by Crippen LogP contribution is 2.32. The van der Waals surface area contributed by atoms with Crippen molar-refractivity contribution in [1.29, 1.82) is 0 Å². The molecule has 2 N–H and O–H groups in total. The molecule has 0 aromatic heterocycles. The molecule has 5 rings (SSSR count). The smallest absolute Gasteiger partial charge is 0.220 e. The minimum atomic E-state index is -0.346. The number of rotatable bonds is 6. The Morgan fingerprint density at radius 2 is 1.81 bits per heavy atom. The Labute approximate surface area is 189 Å². The number of aryl methyl sites for hydroxylation is 1. The molecule has 0 unspecified atom stereocenters. The largest absolute Gasteiger partial charge is 0.350 e. The summed E-state index contributed by atoms with van der Waals surface area (Å²) in [7, 11) is 0. The summed E-state index contributed by atoms with van der Waals surface area (Å²) < 4.78 is 0. The molecule has 32 heavy (non-hydrogen) atoms. The normalized spacial score (nSPS) is 22.4. The van der Waals surface area contributed by atoms with E-state index in [0.717, 1.165) is 32.1 Å². The summed E-state index contributed by atoms with van der Waals surface area (Å²) in [4.78, 5) is 25.1. The van der Waals surface area contributed by atoms with Crippen molar-refractivity contribution in [3.8, 4) is 0 Å². The first-order chi connectivity index (χ1) is 15.6. The number of benzene rings is 3. The molecule has 4 nitrogen and oxygen atoms in total. The fourth-order valence-corrected chi connectivity index (χ4v) is 5.44. The van der Waals surface area contributed by atoms with Gasteiger partial charge in [-0.15, -0.1) is 0 Å². The molecule has 0 spiro atoms. The number of fused-ring (bicyclic) bond motifs is 2. The molecule has 0 radical (unpaired) electrons. The van der Waals surface area contributed by atoms with Gasteiger partial charge in [-0.2, -0.15) is 0 Å². The van der Waals surface area contributed by atoms with E-state index < -0.39 is 0 Å². The van der Waals surface area contributed by atoms with Crippen LogP contribution in [0.25, 0.3) is 10.8 Å². The van der Waals surface area contributed by atoms with Crippen LogP contribution in [0, 0.1) is 0 Å². The molecule has 2 amide bonds. The minimum Gasteiger partial charge on any atom is -0.350 e. The quantitative estimate of drug-likeness (QED) is 0.582. The maximum atomic E-state index is 12.9. The molecular weight excluding hydrogens is 396 g/mol. The Balaban J connectivity index is 1.27. The van der Waals surface area contributed by atoms with Gasteiger partial charge in [0.2, 0.25) is 11.8 Å². The first kappa shape index (κ1) is 20.7. The second-order valence-corrected chi connectivity index (χ2v) is 9.40. The molecule has 2 aliphatic rings. The third-order valence-electron chi connectivity index (χ3n) is 7.13. The predicted octanol–water partition coefficient (Wildman–Crippen LogP) is 5.01. The molecule has 4 heteroatoms. The first-order valence-corrected chi connectivity index (χ1v) is 11.8. The third-order valence-corrected chi connectivity index (χ3v) is 7.13. The van der Waals surface area contributed by atoms with Crippen molar-refractivity contribution in [3.63, 3.8) is 0 Å². The van der Waals surface area contributed by atoms with Gasteiger partial charge in [0, 0.05) is 18.4 Å². The maximum absolute atomic E-state index is 12.9. The van der Waals surface area contributed by atoms with Crippen LogP contribution in [0.5, 0.6) is 0 Å². The number of nitrogens with one attached hydrogen (secondary N) is 2. The van der Waals surface area contributed by atoms with Gasteiger partial charge in [0.05, 0.1) is 6.04 Å². The van der Waals surface area contributed by atoms with Crippen LogP contribution in [0.2, 0.25) is 0 Å². The second kappa shape index (κ2) is 8.78. The van der Waals surface area contributed by atoms with Crippen molar-refractivity contribution in [2.24, 2.45) is 0 Å². The van der Waals surface area contributed by atoms with Crippen molar-refractivity contribution >= 4 is 22.6 Å². The van der Waals surface area contributed by atoms with Crippen LogP contribution < -0.4 is 10.6 Å². The van der Waals surface area contributed by atoms with Gasteiger partial charge < -0.3 is 10.6 Å². The van der Waals surface area contributed by atoms with Crippen LogP contribution in [0.15, 0.2) is 66.7 Å². The van der Waals surface area contributed by atoms with Crippen molar-refractivity contribution in [2.45, 2.75) is 62.9 Å². The van der Waals surface area contributed by atoms with E-state index in [4.69, 9.17) is 0 Å². The van der Waals surface area contributed by atoms with Gasteiger partial charge in [-0.3, -0.25) is 9.59 Å². The van der Waals surface area contributed by atoms with E-state index in [2.05, 4.69) is 65.2 Å². The SMILES string of the molecule is O=C(CC[C@@]1(Cc2ccc3ccccc3c2)CCC(=O)N1)N[C@H]1CCCc2ccccc21. The van der Waals surface area contributed by atoms with Crippen LogP contribution in [0.1, 0.15) is 61.3 Å². The predicted molar refractivity (Wildman–Crippen MR) is 127 cm³/mol. The number of hydrogen-bond acceptors (Lipinski definition) is 2. The summed E-state index contributed by atoms with van der Waals surface area (Å²) >= 11 is 0. The van der Waals surface area contributed by atoms with E-state index in [0.29, 0.717) is 19.3 Å². The van der Waals surface area contributed by atoms with Crippen LogP contribution in [0.4, 0.5) is 0 Å². The summed E-state index contributed by atoms with van der Waals surface area (Å²) in [5, 5.41) is 8.91. The van der Waals surface area contributed by atoms with E-state index in [-0.39, 0.29) is 23.4 Å². The number of amides is 2. The van der Waals surface area contributed by atoms with E-state index in [1.54, 1.807) is 0 Å². The minimum absolute atomic E-state index is 0.0748. The summed E-state index contributed by atoms with van der Waals surface area (Å²) in [6, 6.07) is 23.3. The van der Waals surface area contributed by atoms with Gasteiger partial charge in [0.15, 0.2) is 0 Å². The highest BCUT2D eigenvalue weighted by atomic mass is 16.2. The zero-order valence-corrected chi connectivity index (χ0v) is 18.4. The van der Waals surface area contributed by atoms with Gasteiger partial charge in [0.25, 0.3) is 0 Å². The summed E-state index contributed by atoms with van der Waals surface area (Å²) in [6.45, 7) is 0. The lowest BCUT2D eigenvalue weighted by molar-refractivity contribution is -0.123. The average Bonchev–Trinajstić information content (AvgIpc) is 3.18. The first-order valence-electron chi connectivity index (χ1n) is 11.8.